The fourth-order valence-corrected chi connectivity index (χ4v) is 2.66. The summed E-state index contributed by atoms with van der Waals surface area (Å²) >= 11 is 3.34. The highest BCUT2D eigenvalue weighted by Gasteiger charge is 2.33. The standard InChI is InChI=1S/C12H15BrFNO/c13-10-2-3-11(14)9(6-10)7-12(8-16)4-1-5-15-12/h2-3,6,15-16H,1,4-5,7-8H2. The molecule has 88 valence electrons. The van der Waals surface area contributed by atoms with Crippen LogP contribution in [0.5, 0.6) is 0 Å². The van der Waals surface area contributed by atoms with Gasteiger partial charge in [-0.1, -0.05) is 15.9 Å². The highest BCUT2D eigenvalue weighted by atomic mass is 79.9. The Kier molecular flexibility index (Phi) is 3.62. The monoisotopic (exact) mass is 287 g/mol. The number of benzene rings is 1. The number of hydrogen-bond acceptors (Lipinski definition) is 2. The lowest BCUT2D eigenvalue weighted by Crippen LogP contribution is -2.45. The summed E-state index contributed by atoms with van der Waals surface area (Å²) in [6.07, 6.45) is 2.47. The van der Waals surface area contributed by atoms with Gasteiger partial charge in [0, 0.05) is 10.0 Å². The minimum atomic E-state index is -0.332. The Morgan fingerprint density at radius 1 is 1.50 bits per heavy atom. The Bertz CT molecular complexity index is 377. The van der Waals surface area contributed by atoms with Crippen LogP contribution in [0.1, 0.15) is 18.4 Å². The molecule has 1 heterocycles. The topological polar surface area (TPSA) is 32.3 Å². The zero-order valence-corrected chi connectivity index (χ0v) is 10.6. The van der Waals surface area contributed by atoms with E-state index in [-0.39, 0.29) is 18.0 Å². The average Bonchev–Trinajstić information content (AvgIpc) is 2.73. The van der Waals surface area contributed by atoms with Crippen LogP contribution in [-0.2, 0) is 6.42 Å². The number of nitrogens with one attached hydrogen (secondary N) is 1. The second-order valence-corrected chi connectivity index (χ2v) is 5.30. The molecule has 2 rings (SSSR count). The van der Waals surface area contributed by atoms with E-state index < -0.39 is 0 Å². The van der Waals surface area contributed by atoms with Crippen LogP contribution in [0, 0.1) is 5.82 Å². The molecule has 1 aliphatic rings. The van der Waals surface area contributed by atoms with Gasteiger partial charge in [0.15, 0.2) is 0 Å². The zero-order valence-electron chi connectivity index (χ0n) is 8.97. The Morgan fingerprint density at radius 3 is 2.94 bits per heavy atom. The quantitative estimate of drug-likeness (QED) is 0.894. The minimum absolute atomic E-state index is 0.0545. The number of hydrogen-bond donors (Lipinski definition) is 2. The molecule has 2 nitrogen and oxygen atoms in total. The molecule has 0 spiro atoms. The Balaban J connectivity index is 2.21. The van der Waals surface area contributed by atoms with E-state index in [4.69, 9.17) is 0 Å². The summed E-state index contributed by atoms with van der Waals surface area (Å²) in [4.78, 5) is 0. The second-order valence-electron chi connectivity index (χ2n) is 4.38. The molecule has 1 aliphatic heterocycles. The van der Waals surface area contributed by atoms with Crippen molar-refractivity contribution in [3.63, 3.8) is 0 Å². The summed E-state index contributed by atoms with van der Waals surface area (Å²) in [6, 6.07) is 4.93. The summed E-state index contributed by atoms with van der Waals surface area (Å²) in [5.74, 6) is -0.204. The lowest BCUT2D eigenvalue weighted by atomic mass is 9.90. The number of rotatable bonds is 3. The first-order valence-electron chi connectivity index (χ1n) is 5.45. The molecule has 4 heteroatoms. The van der Waals surface area contributed by atoms with E-state index in [0.717, 1.165) is 23.9 Å². The van der Waals surface area contributed by atoms with Crippen molar-refractivity contribution in [2.75, 3.05) is 13.2 Å². The Hall–Kier alpha value is -0.450. The first-order chi connectivity index (χ1) is 7.65. The van der Waals surface area contributed by atoms with Crippen LogP contribution >= 0.6 is 15.9 Å². The van der Waals surface area contributed by atoms with Gasteiger partial charge in [-0.15, -0.1) is 0 Å². The molecule has 1 unspecified atom stereocenters. The Morgan fingerprint density at radius 2 is 2.31 bits per heavy atom. The fourth-order valence-electron chi connectivity index (χ4n) is 2.25. The van der Waals surface area contributed by atoms with Crippen LogP contribution in [0.2, 0.25) is 0 Å². The first-order valence-corrected chi connectivity index (χ1v) is 6.24. The Labute approximate surface area is 103 Å². The van der Waals surface area contributed by atoms with E-state index in [2.05, 4.69) is 21.2 Å². The van der Waals surface area contributed by atoms with Crippen molar-refractivity contribution in [1.29, 1.82) is 0 Å². The second kappa shape index (κ2) is 4.82. The highest BCUT2D eigenvalue weighted by molar-refractivity contribution is 9.10. The first kappa shape index (κ1) is 12.0. The maximum atomic E-state index is 13.6. The summed E-state index contributed by atoms with van der Waals surface area (Å²) in [7, 11) is 0. The van der Waals surface area contributed by atoms with E-state index in [1.54, 1.807) is 12.1 Å². The third-order valence-corrected chi connectivity index (χ3v) is 3.66. The predicted molar refractivity (Wildman–Crippen MR) is 64.9 cm³/mol. The van der Waals surface area contributed by atoms with Crippen LogP contribution in [0.4, 0.5) is 4.39 Å². The van der Waals surface area contributed by atoms with E-state index in [1.807, 2.05) is 0 Å². The highest BCUT2D eigenvalue weighted by Crippen LogP contribution is 2.26. The normalized spacial score (nSPS) is 24.9. The van der Waals surface area contributed by atoms with Gasteiger partial charge in [-0.25, -0.2) is 4.39 Å². The molecule has 16 heavy (non-hydrogen) atoms. The molecule has 1 aromatic rings. The van der Waals surface area contributed by atoms with Gasteiger partial charge in [-0.05, 0) is 49.6 Å². The van der Waals surface area contributed by atoms with Gasteiger partial charge in [-0.3, -0.25) is 0 Å². The van der Waals surface area contributed by atoms with Gasteiger partial charge in [0.05, 0.1) is 6.61 Å². The molecule has 0 aliphatic carbocycles. The molecule has 0 radical (unpaired) electrons. The summed E-state index contributed by atoms with van der Waals surface area (Å²) < 4.78 is 14.5. The van der Waals surface area contributed by atoms with Crippen molar-refractivity contribution < 1.29 is 9.50 Å². The molecule has 0 bridgehead atoms. The van der Waals surface area contributed by atoms with E-state index in [9.17, 15) is 9.50 Å². The predicted octanol–water partition coefficient (Wildman–Crippen LogP) is 2.25. The number of aliphatic hydroxyl groups excluding tert-OH is 1. The molecule has 1 aromatic carbocycles. The van der Waals surface area contributed by atoms with E-state index in [1.165, 1.54) is 6.07 Å². The molecule has 1 saturated heterocycles. The largest absolute Gasteiger partial charge is 0.394 e. The third kappa shape index (κ3) is 2.44. The lowest BCUT2D eigenvalue weighted by Gasteiger charge is -2.27. The van der Waals surface area contributed by atoms with Crippen molar-refractivity contribution in [1.82, 2.24) is 5.32 Å². The molecular formula is C12H15BrFNO. The zero-order chi connectivity index (χ0) is 11.6. The summed E-state index contributed by atoms with van der Waals surface area (Å²) in [5, 5.41) is 12.7. The molecular weight excluding hydrogens is 273 g/mol. The minimum Gasteiger partial charge on any atom is -0.394 e. The van der Waals surface area contributed by atoms with E-state index >= 15 is 0 Å². The van der Waals surface area contributed by atoms with Gasteiger partial charge in [-0.2, -0.15) is 0 Å². The van der Waals surface area contributed by atoms with Crippen LogP contribution < -0.4 is 5.32 Å². The smallest absolute Gasteiger partial charge is 0.126 e. The lowest BCUT2D eigenvalue weighted by molar-refractivity contribution is 0.176. The fraction of sp³-hybridized carbons (Fsp3) is 0.500. The van der Waals surface area contributed by atoms with Gasteiger partial charge in [0.1, 0.15) is 5.82 Å². The van der Waals surface area contributed by atoms with Gasteiger partial charge in [0.25, 0.3) is 0 Å². The van der Waals surface area contributed by atoms with Crippen molar-refractivity contribution in [3.05, 3.63) is 34.1 Å². The third-order valence-electron chi connectivity index (χ3n) is 3.17. The van der Waals surface area contributed by atoms with E-state index in [0.29, 0.717) is 12.0 Å². The van der Waals surface area contributed by atoms with Gasteiger partial charge < -0.3 is 10.4 Å². The number of aliphatic hydroxyl groups is 1. The molecule has 0 aromatic heterocycles. The summed E-state index contributed by atoms with van der Waals surface area (Å²) in [6.45, 7) is 0.954. The SMILES string of the molecule is OCC1(Cc2cc(Br)ccc2F)CCCN1. The average molecular weight is 288 g/mol. The van der Waals surface area contributed by atoms with Crippen LogP contribution in [0.15, 0.2) is 22.7 Å². The number of halogens is 2. The molecule has 0 saturated carbocycles. The summed E-state index contributed by atoms with van der Waals surface area (Å²) in [5.41, 5.74) is 0.319. The van der Waals surface area contributed by atoms with Crippen molar-refractivity contribution in [3.8, 4) is 0 Å². The van der Waals surface area contributed by atoms with Crippen molar-refractivity contribution in [2.24, 2.45) is 0 Å². The molecule has 2 N–H and O–H groups in total. The molecule has 1 fully saturated rings. The molecule has 0 amide bonds. The van der Waals surface area contributed by atoms with Gasteiger partial charge in [0.2, 0.25) is 0 Å². The van der Waals surface area contributed by atoms with Gasteiger partial charge >= 0.3 is 0 Å². The maximum Gasteiger partial charge on any atom is 0.126 e. The van der Waals surface area contributed by atoms with Crippen LogP contribution in [0.3, 0.4) is 0 Å². The van der Waals surface area contributed by atoms with Crippen molar-refractivity contribution in [2.45, 2.75) is 24.8 Å². The van der Waals surface area contributed by atoms with Crippen LogP contribution in [0.25, 0.3) is 0 Å². The maximum absolute atomic E-state index is 13.6. The van der Waals surface area contributed by atoms with Crippen molar-refractivity contribution >= 4 is 15.9 Å². The molecule has 1 atom stereocenters. The van der Waals surface area contributed by atoms with Crippen LogP contribution in [-0.4, -0.2) is 23.8 Å².